The second-order valence-corrected chi connectivity index (χ2v) is 7.68. The first kappa shape index (κ1) is 23.4. The molecule has 0 aliphatic carbocycles. The van der Waals surface area contributed by atoms with E-state index in [0.29, 0.717) is 0 Å². The first-order valence-electron chi connectivity index (χ1n) is 9.87. The third kappa shape index (κ3) is 21.4. The smallest absolute Gasteiger partial charge is 0.370 e. The zero-order chi connectivity index (χ0) is 17.9. The van der Waals surface area contributed by atoms with Gasteiger partial charge in [0.05, 0.1) is 0 Å². The van der Waals surface area contributed by atoms with Gasteiger partial charge in [-0.25, -0.2) is 0 Å². The van der Waals surface area contributed by atoms with Crippen molar-refractivity contribution in [3.8, 4) is 0 Å². The average molecular weight is 363 g/mol. The van der Waals surface area contributed by atoms with Crippen LogP contribution in [-0.2, 0) is 14.6 Å². The van der Waals surface area contributed by atoms with Gasteiger partial charge in [-0.15, -0.1) is 0 Å². The molecule has 0 bridgehead atoms. The minimum Gasteiger partial charge on any atom is -0.370 e. The molecule has 0 saturated heterocycles. The number of hydrogen-bond acceptors (Lipinski definition) is 3. The topological polar surface area (TPSA) is 63.6 Å². The lowest BCUT2D eigenvalue weighted by Crippen LogP contribution is -1.96. The van der Waals surface area contributed by atoms with E-state index in [0.717, 1.165) is 25.5 Å². The summed E-state index contributed by atoms with van der Waals surface area (Å²) >= 11 is 0. The van der Waals surface area contributed by atoms with Gasteiger partial charge in [0.2, 0.25) is 0 Å². The van der Waals surface area contributed by atoms with Crippen LogP contribution in [0.5, 0.6) is 0 Å². The Morgan fingerprint density at radius 2 is 1.08 bits per heavy atom. The normalized spacial score (nSPS) is 12.1. The molecule has 0 saturated carbocycles. The van der Waals surface area contributed by atoms with Crippen LogP contribution < -0.4 is 0 Å². The highest BCUT2D eigenvalue weighted by molar-refractivity contribution is 7.81. The van der Waals surface area contributed by atoms with Gasteiger partial charge in [0, 0.05) is 0 Å². The standard InChI is InChI=1S/C19H38O4S/c1-2-3-4-5-6-7-8-9-10-11-12-13-14-15-16-17-18-19-23-24(20,21)22/h18-19H,2-17H2,1H3,(H,20,21,22). The number of hydrogen-bond donors (Lipinski definition) is 1. The van der Waals surface area contributed by atoms with Crippen molar-refractivity contribution >= 4 is 10.4 Å². The fourth-order valence-corrected chi connectivity index (χ4v) is 3.03. The minimum atomic E-state index is -4.33. The van der Waals surface area contributed by atoms with E-state index in [-0.39, 0.29) is 0 Å². The van der Waals surface area contributed by atoms with Crippen molar-refractivity contribution in [1.82, 2.24) is 0 Å². The fourth-order valence-electron chi connectivity index (χ4n) is 2.81. The second-order valence-electron chi connectivity index (χ2n) is 6.63. The van der Waals surface area contributed by atoms with Gasteiger partial charge in [-0.2, -0.15) is 8.42 Å². The van der Waals surface area contributed by atoms with Crippen LogP contribution in [0.4, 0.5) is 0 Å². The van der Waals surface area contributed by atoms with Gasteiger partial charge >= 0.3 is 10.4 Å². The molecule has 1 N–H and O–H groups in total. The molecular weight excluding hydrogens is 324 g/mol. The van der Waals surface area contributed by atoms with Gasteiger partial charge in [-0.1, -0.05) is 96.8 Å². The molecule has 0 aliphatic heterocycles. The van der Waals surface area contributed by atoms with E-state index in [4.69, 9.17) is 4.55 Å². The van der Waals surface area contributed by atoms with Crippen molar-refractivity contribution in [1.29, 1.82) is 0 Å². The molecule has 0 amide bonds. The number of unbranched alkanes of at least 4 members (excludes halogenated alkanes) is 15. The Hall–Kier alpha value is -0.550. The Bertz CT molecular complexity index is 377. The highest BCUT2D eigenvalue weighted by Crippen LogP contribution is 2.13. The maximum atomic E-state index is 10.3. The van der Waals surface area contributed by atoms with E-state index in [1.165, 1.54) is 83.5 Å². The maximum Gasteiger partial charge on any atom is 0.445 e. The monoisotopic (exact) mass is 362 g/mol. The van der Waals surface area contributed by atoms with Crippen LogP contribution in [0.15, 0.2) is 12.3 Å². The van der Waals surface area contributed by atoms with E-state index in [9.17, 15) is 8.42 Å². The molecule has 0 fully saturated rings. The van der Waals surface area contributed by atoms with Crippen molar-refractivity contribution in [2.45, 2.75) is 110 Å². The van der Waals surface area contributed by atoms with E-state index in [1.54, 1.807) is 6.08 Å². The van der Waals surface area contributed by atoms with Crippen LogP contribution in [0, 0.1) is 0 Å². The van der Waals surface area contributed by atoms with Crippen LogP contribution in [0.3, 0.4) is 0 Å². The predicted molar refractivity (Wildman–Crippen MR) is 101 cm³/mol. The first-order valence-corrected chi connectivity index (χ1v) is 11.2. The van der Waals surface area contributed by atoms with E-state index in [1.807, 2.05) is 0 Å². The Labute approximate surface area is 150 Å². The molecule has 0 rings (SSSR count). The zero-order valence-corrected chi connectivity index (χ0v) is 16.4. The van der Waals surface area contributed by atoms with Crippen LogP contribution in [0.25, 0.3) is 0 Å². The lowest BCUT2D eigenvalue weighted by atomic mass is 10.0. The molecule has 0 aromatic carbocycles. The summed E-state index contributed by atoms with van der Waals surface area (Å²) in [7, 11) is -4.33. The van der Waals surface area contributed by atoms with Crippen molar-refractivity contribution < 1.29 is 17.2 Å². The van der Waals surface area contributed by atoms with Crippen molar-refractivity contribution in [3.05, 3.63) is 12.3 Å². The molecule has 24 heavy (non-hydrogen) atoms. The lowest BCUT2D eigenvalue weighted by molar-refractivity contribution is 0.355. The Balaban J connectivity index is 3.10. The molecular formula is C19H38O4S. The average Bonchev–Trinajstić information content (AvgIpc) is 2.52. The summed E-state index contributed by atoms with van der Waals surface area (Å²) < 4.78 is 33.0. The predicted octanol–water partition coefficient (Wildman–Crippen LogP) is 6.58. The molecule has 0 unspecified atom stereocenters. The van der Waals surface area contributed by atoms with E-state index >= 15 is 0 Å². The molecule has 0 aromatic heterocycles. The molecule has 0 spiro atoms. The van der Waals surface area contributed by atoms with Crippen LogP contribution in [0.1, 0.15) is 110 Å². The summed E-state index contributed by atoms with van der Waals surface area (Å²) in [5, 5.41) is 0. The van der Waals surface area contributed by atoms with Gasteiger partial charge in [-0.05, 0) is 18.9 Å². The summed E-state index contributed by atoms with van der Waals surface area (Å²) in [4.78, 5) is 0. The highest BCUT2D eigenvalue weighted by Gasteiger charge is 1.98. The molecule has 0 radical (unpaired) electrons. The van der Waals surface area contributed by atoms with Crippen molar-refractivity contribution in [3.63, 3.8) is 0 Å². The van der Waals surface area contributed by atoms with Gasteiger partial charge < -0.3 is 4.18 Å². The Morgan fingerprint density at radius 1 is 0.708 bits per heavy atom. The van der Waals surface area contributed by atoms with Crippen molar-refractivity contribution in [2.75, 3.05) is 0 Å². The molecule has 0 aromatic rings. The number of allylic oxidation sites excluding steroid dienone is 1. The Kier molecular flexibility index (Phi) is 16.9. The molecule has 144 valence electrons. The molecule has 0 atom stereocenters. The Morgan fingerprint density at radius 3 is 1.46 bits per heavy atom. The van der Waals surface area contributed by atoms with Gasteiger partial charge in [0.1, 0.15) is 6.26 Å². The molecule has 5 heteroatoms. The summed E-state index contributed by atoms with van der Waals surface area (Å²) in [6.45, 7) is 2.26. The fraction of sp³-hybridized carbons (Fsp3) is 0.895. The van der Waals surface area contributed by atoms with Crippen LogP contribution >= 0.6 is 0 Å². The summed E-state index contributed by atoms with van der Waals surface area (Å²) in [6, 6.07) is 0. The lowest BCUT2D eigenvalue weighted by Gasteiger charge is -2.03. The van der Waals surface area contributed by atoms with Gasteiger partial charge in [0.25, 0.3) is 0 Å². The van der Waals surface area contributed by atoms with E-state index in [2.05, 4.69) is 11.1 Å². The maximum absolute atomic E-state index is 10.3. The summed E-state index contributed by atoms with van der Waals surface area (Å²) in [5.41, 5.74) is 0. The molecule has 4 nitrogen and oxygen atoms in total. The van der Waals surface area contributed by atoms with Gasteiger partial charge in [0.15, 0.2) is 0 Å². The second kappa shape index (κ2) is 17.3. The summed E-state index contributed by atoms with van der Waals surface area (Å²) in [5.74, 6) is 0. The third-order valence-electron chi connectivity index (χ3n) is 4.25. The van der Waals surface area contributed by atoms with Gasteiger partial charge in [-0.3, -0.25) is 4.55 Å². The molecule has 0 heterocycles. The number of rotatable bonds is 18. The molecule has 0 aliphatic rings. The van der Waals surface area contributed by atoms with Crippen LogP contribution in [-0.4, -0.2) is 13.0 Å². The van der Waals surface area contributed by atoms with E-state index < -0.39 is 10.4 Å². The summed E-state index contributed by atoms with van der Waals surface area (Å²) in [6.07, 6.45) is 23.5. The highest BCUT2D eigenvalue weighted by atomic mass is 32.3. The zero-order valence-electron chi connectivity index (χ0n) is 15.5. The minimum absolute atomic E-state index is 0.785. The quantitative estimate of drug-likeness (QED) is 0.170. The van der Waals surface area contributed by atoms with Crippen LogP contribution in [0.2, 0.25) is 0 Å². The largest absolute Gasteiger partial charge is 0.445 e. The first-order chi connectivity index (χ1) is 11.6. The third-order valence-corrected chi connectivity index (χ3v) is 4.60. The van der Waals surface area contributed by atoms with Crippen molar-refractivity contribution in [2.24, 2.45) is 0 Å². The SMILES string of the molecule is CCCCCCCCCCCCCCCCCC=COS(=O)(=O)O.